The SMILES string of the molecule is CC[C@@H](C)Nc1nc(NCc2ccc([N+](=O)[O-])cc2)cc(-c2ccncc2)n1. The Bertz CT molecular complexity index is 931. The second kappa shape index (κ2) is 8.90. The van der Waals surface area contributed by atoms with Crippen LogP contribution < -0.4 is 10.6 Å². The van der Waals surface area contributed by atoms with Crippen LogP contribution in [0.5, 0.6) is 0 Å². The van der Waals surface area contributed by atoms with Gasteiger partial charge in [0.2, 0.25) is 5.95 Å². The van der Waals surface area contributed by atoms with Gasteiger partial charge < -0.3 is 10.6 Å². The minimum Gasteiger partial charge on any atom is -0.366 e. The Hall–Kier alpha value is -3.55. The van der Waals surface area contributed by atoms with Gasteiger partial charge in [-0.05, 0) is 31.0 Å². The van der Waals surface area contributed by atoms with Crippen molar-refractivity contribution in [1.82, 2.24) is 15.0 Å². The van der Waals surface area contributed by atoms with Gasteiger partial charge in [-0.25, -0.2) is 4.98 Å². The van der Waals surface area contributed by atoms with Gasteiger partial charge in [0.15, 0.2) is 0 Å². The average Bonchev–Trinajstić information content (AvgIpc) is 2.73. The third-order valence-corrected chi connectivity index (χ3v) is 4.31. The van der Waals surface area contributed by atoms with Crippen LogP contribution in [0.25, 0.3) is 11.3 Å². The molecule has 3 rings (SSSR count). The summed E-state index contributed by atoms with van der Waals surface area (Å²) in [6.07, 6.45) is 4.40. The maximum Gasteiger partial charge on any atom is 0.269 e. The lowest BCUT2D eigenvalue weighted by molar-refractivity contribution is -0.384. The molecule has 0 fully saturated rings. The van der Waals surface area contributed by atoms with Gasteiger partial charge in [0.1, 0.15) is 5.82 Å². The Morgan fingerprint density at radius 3 is 2.46 bits per heavy atom. The molecule has 28 heavy (non-hydrogen) atoms. The van der Waals surface area contributed by atoms with E-state index in [1.165, 1.54) is 12.1 Å². The van der Waals surface area contributed by atoms with Gasteiger partial charge in [0.25, 0.3) is 5.69 Å². The number of non-ortho nitro benzene ring substituents is 1. The highest BCUT2D eigenvalue weighted by Crippen LogP contribution is 2.22. The number of pyridine rings is 1. The fourth-order valence-corrected chi connectivity index (χ4v) is 2.52. The van der Waals surface area contributed by atoms with Crippen molar-refractivity contribution in [1.29, 1.82) is 0 Å². The predicted octanol–water partition coefficient (Wildman–Crippen LogP) is 4.27. The lowest BCUT2D eigenvalue weighted by Crippen LogP contribution is -2.16. The summed E-state index contributed by atoms with van der Waals surface area (Å²) >= 11 is 0. The highest BCUT2D eigenvalue weighted by atomic mass is 16.6. The van der Waals surface area contributed by atoms with Crippen molar-refractivity contribution in [3.63, 3.8) is 0 Å². The Balaban J connectivity index is 1.82. The summed E-state index contributed by atoms with van der Waals surface area (Å²) < 4.78 is 0. The number of nitro groups is 1. The maximum absolute atomic E-state index is 10.8. The number of nitro benzene ring substituents is 1. The van der Waals surface area contributed by atoms with Crippen molar-refractivity contribution in [2.24, 2.45) is 0 Å². The van der Waals surface area contributed by atoms with Crippen molar-refractivity contribution >= 4 is 17.5 Å². The van der Waals surface area contributed by atoms with Gasteiger partial charge in [-0.2, -0.15) is 4.98 Å². The fourth-order valence-electron chi connectivity index (χ4n) is 2.52. The van der Waals surface area contributed by atoms with Crippen LogP contribution >= 0.6 is 0 Å². The van der Waals surface area contributed by atoms with Crippen molar-refractivity contribution in [2.45, 2.75) is 32.9 Å². The molecule has 2 heterocycles. The van der Waals surface area contributed by atoms with E-state index in [9.17, 15) is 10.1 Å². The van der Waals surface area contributed by atoms with E-state index in [1.807, 2.05) is 18.2 Å². The molecule has 0 amide bonds. The summed E-state index contributed by atoms with van der Waals surface area (Å²) in [5, 5.41) is 17.4. The number of hydrogen-bond acceptors (Lipinski definition) is 7. The minimum absolute atomic E-state index is 0.0748. The topological polar surface area (TPSA) is 106 Å². The van der Waals surface area contributed by atoms with E-state index in [0.29, 0.717) is 18.3 Å². The molecule has 1 aromatic carbocycles. The minimum atomic E-state index is -0.407. The Morgan fingerprint density at radius 2 is 1.82 bits per heavy atom. The van der Waals surface area contributed by atoms with E-state index < -0.39 is 4.92 Å². The zero-order chi connectivity index (χ0) is 19.9. The number of anilines is 2. The molecule has 0 spiro atoms. The first-order chi connectivity index (χ1) is 13.5. The summed E-state index contributed by atoms with van der Waals surface area (Å²) in [6.45, 7) is 4.66. The van der Waals surface area contributed by atoms with Gasteiger partial charge >= 0.3 is 0 Å². The third-order valence-electron chi connectivity index (χ3n) is 4.31. The van der Waals surface area contributed by atoms with Gasteiger partial charge in [0.05, 0.1) is 10.6 Å². The summed E-state index contributed by atoms with van der Waals surface area (Å²) in [5.74, 6) is 1.22. The molecular weight excluding hydrogens is 356 g/mol. The molecule has 3 aromatic rings. The summed E-state index contributed by atoms with van der Waals surface area (Å²) in [7, 11) is 0. The molecule has 8 heteroatoms. The highest BCUT2D eigenvalue weighted by Gasteiger charge is 2.09. The third kappa shape index (κ3) is 5.00. The molecule has 8 nitrogen and oxygen atoms in total. The van der Waals surface area contributed by atoms with Gasteiger partial charge in [-0.1, -0.05) is 19.1 Å². The predicted molar refractivity (Wildman–Crippen MR) is 109 cm³/mol. The molecule has 0 saturated carbocycles. The number of nitrogens with zero attached hydrogens (tertiary/aromatic N) is 4. The largest absolute Gasteiger partial charge is 0.366 e. The molecule has 1 atom stereocenters. The van der Waals surface area contributed by atoms with Crippen molar-refractivity contribution < 1.29 is 4.92 Å². The monoisotopic (exact) mass is 378 g/mol. The standard InChI is InChI=1S/C20H22N6O2/c1-3-14(2)23-20-24-18(16-8-10-21-11-9-16)12-19(25-20)22-13-15-4-6-17(7-5-15)26(27)28/h4-12,14H,3,13H2,1-2H3,(H2,22,23,24,25)/t14-/m1/s1. The molecule has 144 valence electrons. The van der Waals surface area contributed by atoms with Gasteiger partial charge in [0, 0.05) is 48.7 Å². The summed E-state index contributed by atoms with van der Waals surface area (Å²) in [5.41, 5.74) is 2.73. The first kappa shape index (κ1) is 19.2. The molecule has 0 radical (unpaired) electrons. The second-order valence-corrected chi connectivity index (χ2v) is 6.43. The lowest BCUT2D eigenvalue weighted by Gasteiger charge is -2.14. The van der Waals surface area contributed by atoms with Crippen LogP contribution in [0.4, 0.5) is 17.5 Å². The van der Waals surface area contributed by atoms with E-state index in [2.05, 4.69) is 39.4 Å². The molecule has 2 aromatic heterocycles. The average molecular weight is 378 g/mol. The zero-order valence-corrected chi connectivity index (χ0v) is 15.8. The van der Waals surface area contributed by atoms with Gasteiger partial charge in [-0.3, -0.25) is 15.1 Å². The summed E-state index contributed by atoms with van der Waals surface area (Å²) in [6, 6.07) is 12.4. The van der Waals surface area contributed by atoms with Crippen LogP contribution in [0.15, 0.2) is 54.9 Å². The molecule has 2 N–H and O–H groups in total. The molecule has 0 aliphatic heterocycles. The van der Waals surface area contributed by atoms with Crippen molar-refractivity contribution in [3.8, 4) is 11.3 Å². The van der Waals surface area contributed by atoms with E-state index in [0.717, 1.165) is 23.2 Å². The Morgan fingerprint density at radius 1 is 1.11 bits per heavy atom. The molecule has 0 unspecified atom stereocenters. The van der Waals surface area contributed by atoms with E-state index >= 15 is 0 Å². The van der Waals surface area contributed by atoms with Crippen LogP contribution in [0.2, 0.25) is 0 Å². The first-order valence-electron chi connectivity index (χ1n) is 9.08. The van der Waals surface area contributed by atoms with Crippen LogP contribution in [0.3, 0.4) is 0 Å². The zero-order valence-electron chi connectivity index (χ0n) is 15.8. The number of nitrogens with one attached hydrogen (secondary N) is 2. The lowest BCUT2D eigenvalue weighted by atomic mass is 10.2. The molecule has 0 aliphatic rings. The number of aromatic nitrogens is 3. The van der Waals surface area contributed by atoms with Crippen molar-refractivity contribution in [2.75, 3.05) is 10.6 Å². The maximum atomic E-state index is 10.8. The number of benzene rings is 1. The number of hydrogen-bond donors (Lipinski definition) is 2. The fraction of sp³-hybridized carbons (Fsp3) is 0.250. The normalized spacial score (nSPS) is 11.6. The van der Waals surface area contributed by atoms with Crippen LogP contribution in [0.1, 0.15) is 25.8 Å². The molecule has 0 bridgehead atoms. The Labute approximate surface area is 163 Å². The second-order valence-electron chi connectivity index (χ2n) is 6.43. The summed E-state index contributed by atoms with van der Waals surface area (Å²) in [4.78, 5) is 23.6. The van der Waals surface area contributed by atoms with E-state index in [1.54, 1.807) is 24.5 Å². The van der Waals surface area contributed by atoms with Crippen LogP contribution in [-0.2, 0) is 6.54 Å². The van der Waals surface area contributed by atoms with Crippen LogP contribution in [0, 0.1) is 10.1 Å². The quantitative estimate of drug-likeness (QED) is 0.445. The Kier molecular flexibility index (Phi) is 6.11. The van der Waals surface area contributed by atoms with Gasteiger partial charge in [-0.15, -0.1) is 0 Å². The molecular formula is C20H22N6O2. The first-order valence-corrected chi connectivity index (χ1v) is 9.08. The van der Waals surface area contributed by atoms with E-state index in [4.69, 9.17) is 0 Å². The number of rotatable bonds is 8. The van der Waals surface area contributed by atoms with E-state index in [-0.39, 0.29) is 11.7 Å². The van der Waals surface area contributed by atoms with Crippen molar-refractivity contribution in [3.05, 3.63) is 70.5 Å². The highest BCUT2D eigenvalue weighted by molar-refractivity contribution is 5.64. The molecule has 0 saturated heterocycles. The van der Waals surface area contributed by atoms with Crippen LogP contribution in [-0.4, -0.2) is 25.9 Å². The smallest absolute Gasteiger partial charge is 0.269 e. The molecule has 0 aliphatic carbocycles.